The number of allylic oxidation sites excluding steroid dienone is 4. The van der Waals surface area contributed by atoms with E-state index in [-0.39, 0.29) is 36.5 Å². The van der Waals surface area contributed by atoms with Crippen LogP contribution < -0.4 is 0 Å². The van der Waals surface area contributed by atoms with Crippen LogP contribution in [0.2, 0.25) is 0 Å². The summed E-state index contributed by atoms with van der Waals surface area (Å²) in [4.78, 5) is 43.2. The molecule has 0 saturated carbocycles. The van der Waals surface area contributed by atoms with Gasteiger partial charge in [-0.25, -0.2) is 0 Å². The Labute approximate surface area is 365 Å². The second-order valence-corrected chi connectivity index (χ2v) is 17.8. The molecule has 1 aliphatic rings. The molecular formula is C52H96N2O5. The van der Waals surface area contributed by atoms with E-state index in [1.54, 1.807) is 0 Å². The molecule has 0 aliphatic carbocycles. The molecule has 1 amide bonds. The van der Waals surface area contributed by atoms with Crippen molar-refractivity contribution in [3.8, 4) is 0 Å². The Bertz CT molecular complexity index is 1020. The molecule has 344 valence electrons. The highest BCUT2D eigenvalue weighted by molar-refractivity contribution is 5.79. The van der Waals surface area contributed by atoms with Gasteiger partial charge in [-0.05, 0) is 110 Å². The van der Waals surface area contributed by atoms with Crippen LogP contribution in [-0.4, -0.2) is 73.6 Å². The molecule has 0 aromatic heterocycles. The number of unbranched alkanes of at least 4 members (excludes halogenated alkanes) is 22. The normalized spacial score (nSPS) is 13.9. The van der Waals surface area contributed by atoms with E-state index in [0.717, 1.165) is 116 Å². The first-order valence-corrected chi connectivity index (χ1v) is 25.5. The van der Waals surface area contributed by atoms with Crippen molar-refractivity contribution < 1.29 is 23.9 Å². The zero-order valence-electron chi connectivity index (χ0n) is 39.5. The first-order chi connectivity index (χ1) is 28.9. The van der Waals surface area contributed by atoms with Crippen molar-refractivity contribution in [2.45, 2.75) is 245 Å². The van der Waals surface area contributed by atoms with E-state index < -0.39 is 0 Å². The molecule has 0 unspecified atom stereocenters. The van der Waals surface area contributed by atoms with Crippen LogP contribution in [-0.2, 0) is 23.9 Å². The average molecular weight is 829 g/mol. The molecule has 0 N–H and O–H groups in total. The van der Waals surface area contributed by atoms with Crippen LogP contribution in [0, 0.1) is 5.92 Å². The van der Waals surface area contributed by atoms with E-state index in [0.29, 0.717) is 25.9 Å². The summed E-state index contributed by atoms with van der Waals surface area (Å²) in [6.45, 7) is 10.1. The minimum Gasteiger partial charge on any atom is -0.464 e. The minimum atomic E-state index is -0.142. The van der Waals surface area contributed by atoms with Gasteiger partial charge in [0, 0.05) is 25.3 Å². The van der Waals surface area contributed by atoms with E-state index >= 15 is 0 Å². The Balaban J connectivity index is 2.33. The number of piperidine rings is 1. The number of carbonyl (C=O) groups excluding carboxylic acids is 3. The van der Waals surface area contributed by atoms with Gasteiger partial charge < -0.3 is 19.3 Å². The SMILES string of the molecule is CCCCC/C=C\C/C=C\CCCCCCCC(=O)OCCN(CCCCCCCC(=O)OC(CCCCCCCC)CCCCCCCC)C(=O)C1CCN(C)CC1. The number of hydrogen-bond donors (Lipinski definition) is 0. The summed E-state index contributed by atoms with van der Waals surface area (Å²) in [5, 5.41) is 0. The molecule has 0 aromatic carbocycles. The van der Waals surface area contributed by atoms with E-state index in [1.807, 2.05) is 4.90 Å². The van der Waals surface area contributed by atoms with Crippen molar-refractivity contribution in [2.75, 3.05) is 39.8 Å². The van der Waals surface area contributed by atoms with Gasteiger partial charge in [-0.15, -0.1) is 0 Å². The third-order valence-corrected chi connectivity index (χ3v) is 12.2. The van der Waals surface area contributed by atoms with E-state index in [2.05, 4.69) is 57.0 Å². The lowest BCUT2D eigenvalue weighted by Gasteiger charge is -2.32. The Morgan fingerprint density at radius 3 is 1.59 bits per heavy atom. The van der Waals surface area contributed by atoms with Gasteiger partial charge in [0.25, 0.3) is 0 Å². The molecule has 1 fully saturated rings. The van der Waals surface area contributed by atoms with Crippen LogP contribution in [0.5, 0.6) is 0 Å². The molecule has 1 saturated heterocycles. The highest BCUT2D eigenvalue weighted by atomic mass is 16.5. The van der Waals surface area contributed by atoms with Crippen LogP contribution in [0.25, 0.3) is 0 Å². The van der Waals surface area contributed by atoms with Crippen LogP contribution in [0.4, 0.5) is 0 Å². The lowest BCUT2D eigenvalue weighted by Crippen LogP contribution is -2.43. The van der Waals surface area contributed by atoms with Gasteiger partial charge in [0.1, 0.15) is 12.7 Å². The lowest BCUT2D eigenvalue weighted by molar-refractivity contribution is -0.150. The first-order valence-electron chi connectivity index (χ1n) is 25.5. The molecule has 0 atom stereocenters. The van der Waals surface area contributed by atoms with E-state index in [1.165, 1.54) is 103 Å². The molecule has 1 aliphatic heterocycles. The maximum atomic E-state index is 13.6. The van der Waals surface area contributed by atoms with Gasteiger partial charge in [-0.3, -0.25) is 14.4 Å². The predicted molar refractivity (Wildman–Crippen MR) is 251 cm³/mol. The van der Waals surface area contributed by atoms with Crippen LogP contribution in [0.3, 0.4) is 0 Å². The molecule has 0 radical (unpaired) electrons. The van der Waals surface area contributed by atoms with Crippen LogP contribution >= 0.6 is 0 Å². The standard InChI is InChI=1S/C52H96N2O5/c1-5-8-11-14-17-18-19-20-21-22-23-24-25-29-34-39-50(55)58-47-46-54(52(57)48-41-44-53(4)45-42-48)43-36-31-26-30-35-40-51(56)59-49(37-32-27-15-12-9-6-2)38-33-28-16-13-10-7-3/h17-18,20-21,48-49H,5-16,19,22-47H2,1-4H3/b18-17-,21-20-. The number of ether oxygens (including phenoxy) is 2. The Morgan fingerprint density at radius 2 is 1.02 bits per heavy atom. The molecule has 1 heterocycles. The number of likely N-dealkylation sites (tertiary alicyclic amines) is 1. The van der Waals surface area contributed by atoms with E-state index in [9.17, 15) is 14.4 Å². The smallest absolute Gasteiger partial charge is 0.306 e. The molecule has 0 spiro atoms. The number of rotatable bonds is 41. The zero-order chi connectivity index (χ0) is 42.9. The van der Waals surface area contributed by atoms with Crippen molar-refractivity contribution >= 4 is 17.8 Å². The molecule has 7 nitrogen and oxygen atoms in total. The summed E-state index contributed by atoms with van der Waals surface area (Å²) in [6, 6.07) is 0. The fourth-order valence-electron chi connectivity index (χ4n) is 8.18. The first kappa shape index (κ1) is 54.9. The number of nitrogens with zero attached hydrogens (tertiary/aromatic N) is 2. The van der Waals surface area contributed by atoms with Gasteiger partial charge in [-0.1, -0.05) is 161 Å². The summed E-state index contributed by atoms with van der Waals surface area (Å²) in [7, 11) is 2.12. The maximum absolute atomic E-state index is 13.6. The van der Waals surface area contributed by atoms with Gasteiger partial charge in [-0.2, -0.15) is 0 Å². The van der Waals surface area contributed by atoms with Crippen LogP contribution in [0.15, 0.2) is 24.3 Å². The fourth-order valence-corrected chi connectivity index (χ4v) is 8.18. The molecule has 59 heavy (non-hydrogen) atoms. The summed E-state index contributed by atoms with van der Waals surface area (Å²) in [5.74, 6) is 0.123. The highest BCUT2D eigenvalue weighted by Gasteiger charge is 2.27. The maximum Gasteiger partial charge on any atom is 0.306 e. The summed E-state index contributed by atoms with van der Waals surface area (Å²) >= 11 is 0. The van der Waals surface area contributed by atoms with Crippen molar-refractivity contribution in [1.29, 1.82) is 0 Å². The largest absolute Gasteiger partial charge is 0.464 e. The van der Waals surface area contributed by atoms with Gasteiger partial charge in [0.2, 0.25) is 5.91 Å². The quantitative estimate of drug-likeness (QED) is 0.0347. The topological polar surface area (TPSA) is 76.1 Å². The average Bonchev–Trinajstić information content (AvgIpc) is 3.23. The monoisotopic (exact) mass is 829 g/mol. The molecular weight excluding hydrogens is 733 g/mol. The summed E-state index contributed by atoms with van der Waals surface area (Å²) in [6.07, 6.45) is 46.9. The van der Waals surface area contributed by atoms with Crippen molar-refractivity contribution in [3.63, 3.8) is 0 Å². The van der Waals surface area contributed by atoms with Gasteiger partial charge in [0.05, 0.1) is 6.54 Å². The molecule has 0 aromatic rings. The molecule has 1 rings (SSSR count). The Morgan fingerprint density at radius 1 is 0.559 bits per heavy atom. The lowest BCUT2D eigenvalue weighted by atomic mass is 9.95. The number of carbonyl (C=O) groups is 3. The second kappa shape index (κ2) is 41.2. The highest BCUT2D eigenvalue weighted by Crippen LogP contribution is 2.21. The number of amides is 1. The van der Waals surface area contributed by atoms with Crippen LogP contribution in [0.1, 0.15) is 239 Å². The summed E-state index contributed by atoms with van der Waals surface area (Å²) in [5.41, 5.74) is 0. The van der Waals surface area contributed by atoms with Crippen molar-refractivity contribution in [1.82, 2.24) is 9.80 Å². The number of hydrogen-bond acceptors (Lipinski definition) is 6. The van der Waals surface area contributed by atoms with Crippen molar-refractivity contribution in [2.24, 2.45) is 5.92 Å². The predicted octanol–water partition coefficient (Wildman–Crippen LogP) is 14.3. The van der Waals surface area contributed by atoms with Gasteiger partial charge >= 0.3 is 11.9 Å². The molecule has 7 heteroatoms. The fraction of sp³-hybridized carbons (Fsp3) is 0.865. The van der Waals surface area contributed by atoms with Crippen molar-refractivity contribution in [3.05, 3.63) is 24.3 Å². The molecule has 0 bridgehead atoms. The Kier molecular flexibility index (Phi) is 38.3. The number of esters is 2. The second-order valence-electron chi connectivity index (χ2n) is 17.8. The Hall–Kier alpha value is -2.15. The minimum absolute atomic E-state index is 0.0214. The summed E-state index contributed by atoms with van der Waals surface area (Å²) < 4.78 is 11.7. The third kappa shape index (κ3) is 34.2. The zero-order valence-corrected chi connectivity index (χ0v) is 39.5. The third-order valence-electron chi connectivity index (χ3n) is 12.2. The van der Waals surface area contributed by atoms with E-state index in [4.69, 9.17) is 9.47 Å². The van der Waals surface area contributed by atoms with Gasteiger partial charge in [0.15, 0.2) is 0 Å².